The van der Waals surface area contributed by atoms with Crippen LogP contribution < -0.4 is 11.2 Å². The van der Waals surface area contributed by atoms with Crippen LogP contribution in [0.1, 0.15) is 13.3 Å². The Bertz CT molecular complexity index is 662. The van der Waals surface area contributed by atoms with Gasteiger partial charge in [-0.3, -0.25) is 23.9 Å². The summed E-state index contributed by atoms with van der Waals surface area (Å²) in [6.07, 6.45) is 1.63. The Balaban J connectivity index is 2.09. The number of H-pyrrole nitrogens is 1. The minimum Gasteiger partial charge on any atom is -0.481 e. The number of carbonyl (C=O) groups excluding carboxylic acids is 1. The Hall–Kier alpha value is -2.38. The first-order chi connectivity index (χ1) is 9.32. The van der Waals surface area contributed by atoms with Gasteiger partial charge in [0.2, 0.25) is 5.91 Å². The minimum absolute atomic E-state index is 0.124. The SMILES string of the molecule is CC1(C(=O)O)CCN(C(=O)Cn2ccc(=O)[nH]c2=O)C1. The molecule has 1 aromatic rings. The van der Waals surface area contributed by atoms with Crippen LogP contribution in [0.3, 0.4) is 0 Å². The third-order valence-corrected chi connectivity index (χ3v) is 3.54. The number of carboxylic acid groups (broad SMARTS) is 1. The first-order valence-electron chi connectivity index (χ1n) is 6.13. The number of nitrogens with zero attached hydrogens (tertiary/aromatic N) is 2. The molecular formula is C12H15N3O5. The topological polar surface area (TPSA) is 112 Å². The van der Waals surface area contributed by atoms with Crippen LogP contribution in [0.25, 0.3) is 0 Å². The Morgan fingerprint density at radius 3 is 2.70 bits per heavy atom. The zero-order valence-electron chi connectivity index (χ0n) is 11.0. The molecule has 2 heterocycles. The molecule has 0 bridgehead atoms. The summed E-state index contributed by atoms with van der Waals surface area (Å²) < 4.78 is 1.08. The molecule has 8 heteroatoms. The average Bonchev–Trinajstić information content (AvgIpc) is 2.77. The van der Waals surface area contributed by atoms with Crippen LogP contribution in [0.4, 0.5) is 0 Å². The van der Waals surface area contributed by atoms with Crippen molar-refractivity contribution in [2.24, 2.45) is 5.41 Å². The van der Waals surface area contributed by atoms with E-state index in [-0.39, 0.29) is 19.0 Å². The van der Waals surface area contributed by atoms with Gasteiger partial charge in [-0.1, -0.05) is 0 Å². The molecule has 1 aliphatic rings. The lowest BCUT2D eigenvalue weighted by molar-refractivity contribution is -0.147. The van der Waals surface area contributed by atoms with E-state index in [9.17, 15) is 19.2 Å². The van der Waals surface area contributed by atoms with Gasteiger partial charge in [-0.15, -0.1) is 0 Å². The number of nitrogens with one attached hydrogen (secondary N) is 1. The Labute approximate surface area is 113 Å². The molecule has 108 valence electrons. The summed E-state index contributed by atoms with van der Waals surface area (Å²) in [6.45, 7) is 1.85. The summed E-state index contributed by atoms with van der Waals surface area (Å²) in [4.78, 5) is 49.0. The minimum atomic E-state index is -0.939. The fourth-order valence-corrected chi connectivity index (χ4v) is 2.16. The number of carboxylic acids is 1. The van der Waals surface area contributed by atoms with E-state index in [1.54, 1.807) is 6.92 Å². The lowest BCUT2D eigenvalue weighted by Crippen LogP contribution is -2.39. The number of aromatic amines is 1. The second-order valence-electron chi connectivity index (χ2n) is 5.17. The van der Waals surface area contributed by atoms with E-state index in [1.165, 1.54) is 11.1 Å². The fourth-order valence-electron chi connectivity index (χ4n) is 2.16. The zero-order chi connectivity index (χ0) is 14.9. The Morgan fingerprint density at radius 1 is 1.45 bits per heavy atom. The molecule has 0 aromatic carbocycles. The van der Waals surface area contributed by atoms with Crippen molar-refractivity contribution in [1.29, 1.82) is 0 Å². The highest BCUT2D eigenvalue weighted by Crippen LogP contribution is 2.30. The molecule has 1 amide bonds. The van der Waals surface area contributed by atoms with Gasteiger partial charge in [0.25, 0.3) is 5.56 Å². The van der Waals surface area contributed by atoms with Crippen LogP contribution in [0.5, 0.6) is 0 Å². The molecule has 0 spiro atoms. The number of rotatable bonds is 3. The molecule has 1 atom stereocenters. The van der Waals surface area contributed by atoms with Gasteiger partial charge < -0.3 is 10.0 Å². The summed E-state index contributed by atoms with van der Waals surface area (Å²) in [5.74, 6) is -1.28. The third-order valence-electron chi connectivity index (χ3n) is 3.54. The van der Waals surface area contributed by atoms with Crippen LogP contribution in [0.2, 0.25) is 0 Å². The standard InChI is InChI=1S/C12H15N3O5/c1-12(10(18)19)3-5-15(7-12)9(17)6-14-4-2-8(16)13-11(14)20/h2,4H,3,5-7H2,1H3,(H,18,19)(H,13,16,20). The van der Waals surface area contributed by atoms with E-state index in [0.29, 0.717) is 13.0 Å². The lowest BCUT2D eigenvalue weighted by Gasteiger charge is -2.20. The quantitative estimate of drug-likeness (QED) is 0.727. The van der Waals surface area contributed by atoms with Crippen LogP contribution >= 0.6 is 0 Å². The van der Waals surface area contributed by atoms with Gasteiger partial charge in [0, 0.05) is 25.4 Å². The summed E-state index contributed by atoms with van der Waals surface area (Å²) in [7, 11) is 0. The summed E-state index contributed by atoms with van der Waals surface area (Å²) in [6, 6.07) is 1.15. The number of amides is 1. The van der Waals surface area contributed by atoms with Gasteiger partial charge >= 0.3 is 11.7 Å². The van der Waals surface area contributed by atoms with E-state index < -0.39 is 22.6 Å². The van der Waals surface area contributed by atoms with Crippen molar-refractivity contribution in [2.75, 3.05) is 13.1 Å². The molecule has 2 N–H and O–H groups in total. The van der Waals surface area contributed by atoms with Crippen molar-refractivity contribution < 1.29 is 14.7 Å². The molecule has 0 radical (unpaired) electrons. The second kappa shape index (κ2) is 4.95. The molecule has 0 aliphatic carbocycles. The second-order valence-corrected chi connectivity index (χ2v) is 5.17. The van der Waals surface area contributed by atoms with Crippen molar-refractivity contribution in [3.05, 3.63) is 33.1 Å². The maximum absolute atomic E-state index is 12.0. The largest absolute Gasteiger partial charge is 0.481 e. The van der Waals surface area contributed by atoms with Crippen molar-refractivity contribution in [3.63, 3.8) is 0 Å². The van der Waals surface area contributed by atoms with Crippen molar-refractivity contribution in [2.45, 2.75) is 19.9 Å². The maximum atomic E-state index is 12.0. The van der Waals surface area contributed by atoms with Crippen LogP contribution in [0, 0.1) is 5.41 Å². The average molecular weight is 281 g/mol. The molecule has 20 heavy (non-hydrogen) atoms. The first kappa shape index (κ1) is 14.0. The number of carbonyl (C=O) groups is 2. The van der Waals surface area contributed by atoms with Crippen LogP contribution in [-0.2, 0) is 16.1 Å². The smallest absolute Gasteiger partial charge is 0.328 e. The van der Waals surface area contributed by atoms with E-state index in [0.717, 1.165) is 10.6 Å². The van der Waals surface area contributed by atoms with Gasteiger partial charge in [-0.05, 0) is 13.3 Å². The predicted molar refractivity (Wildman–Crippen MR) is 68.3 cm³/mol. The van der Waals surface area contributed by atoms with Gasteiger partial charge in [-0.25, -0.2) is 4.79 Å². The molecular weight excluding hydrogens is 266 g/mol. The molecule has 8 nitrogen and oxygen atoms in total. The first-order valence-corrected chi connectivity index (χ1v) is 6.13. The summed E-state index contributed by atoms with van der Waals surface area (Å²) in [5.41, 5.74) is -2.13. The number of aliphatic carboxylic acids is 1. The molecule has 1 aromatic heterocycles. The number of likely N-dealkylation sites (tertiary alicyclic amines) is 1. The van der Waals surface area contributed by atoms with E-state index in [1.807, 2.05) is 0 Å². The molecule has 1 aliphatic heterocycles. The normalized spacial score (nSPS) is 21.9. The van der Waals surface area contributed by atoms with E-state index in [4.69, 9.17) is 5.11 Å². The maximum Gasteiger partial charge on any atom is 0.328 e. The zero-order valence-corrected chi connectivity index (χ0v) is 11.0. The number of hydrogen-bond donors (Lipinski definition) is 2. The fraction of sp³-hybridized carbons (Fsp3) is 0.500. The highest BCUT2D eigenvalue weighted by atomic mass is 16.4. The Kier molecular flexibility index (Phi) is 3.47. The Morgan fingerprint density at radius 2 is 2.15 bits per heavy atom. The molecule has 1 fully saturated rings. The van der Waals surface area contributed by atoms with Crippen molar-refractivity contribution in [3.8, 4) is 0 Å². The van der Waals surface area contributed by atoms with Crippen LogP contribution in [-0.4, -0.2) is 44.5 Å². The van der Waals surface area contributed by atoms with E-state index in [2.05, 4.69) is 4.98 Å². The molecule has 1 unspecified atom stereocenters. The molecule has 2 rings (SSSR count). The molecule has 1 saturated heterocycles. The predicted octanol–water partition coefficient (Wildman–Crippen LogP) is -1.14. The monoisotopic (exact) mass is 281 g/mol. The molecule has 0 saturated carbocycles. The number of hydrogen-bond acceptors (Lipinski definition) is 4. The van der Waals surface area contributed by atoms with Gasteiger partial charge in [0.15, 0.2) is 0 Å². The number of aromatic nitrogens is 2. The third kappa shape index (κ3) is 2.63. The van der Waals surface area contributed by atoms with Gasteiger partial charge in [-0.2, -0.15) is 0 Å². The lowest BCUT2D eigenvalue weighted by atomic mass is 9.90. The summed E-state index contributed by atoms with van der Waals surface area (Å²) in [5, 5.41) is 9.10. The highest BCUT2D eigenvalue weighted by Gasteiger charge is 2.41. The van der Waals surface area contributed by atoms with Crippen LogP contribution in [0.15, 0.2) is 21.9 Å². The van der Waals surface area contributed by atoms with Crippen molar-refractivity contribution >= 4 is 11.9 Å². The van der Waals surface area contributed by atoms with Gasteiger partial charge in [0.1, 0.15) is 6.54 Å². The highest BCUT2D eigenvalue weighted by molar-refractivity contribution is 5.80. The van der Waals surface area contributed by atoms with E-state index >= 15 is 0 Å². The van der Waals surface area contributed by atoms with Gasteiger partial charge in [0.05, 0.1) is 5.41 Å². The summed E-state index contributed by atoms with van der Waals surface area (Å²) >= 11 is 0. The van der Waals surface area contributed by atoms with Crippen molar-refractivity contribution in [1.82, 2.24) is 14.5 Å².